The molecule has 1 saturated carbocycles. The standard InChI is InChI=1S/C15H25NO6/c1-15(2,3)22-14(20)16-11(13(18)19)9-12(17)21-10-7-5-4-6-8-10/h10-11H,4-9H2,1-3H3,(H,16,20)(H,18,19)/p-1/t11-/m1/s1. The second-order valence-electron chi connectivity index (χ2n) is 6.47. The Morgan fingerprint density at radius 2 is 1.77 bits per heavy atom. The minimum Gasteiger partial charge on any atom is -0.548 e. The molecule has 0 aromatic carbocycles. The fourth-order valence-electron chi connectivity index (χ4n) is 2.23. The monoisotopic (exact) mass is 314 g/mol. The number of amides is 1. The SMILES string of the molecule is CC(C)(C)OC(=O)N[C@H](CC(=O)OC1CCCCC1)C(=O)[O-]. The third-order valence-electron chi connectivity index (χ3n) is 3.20. The molecule has 0 saturated heterocycles. The summed E-state index contributed by atoms with van der Waals surface area (Å²) in [4.78, 5) is 34.4. The first kappa shape index (κ1) is 18.3. The van der Waals surface area contributed by atoms with E-state index in [4.69, 9.17) is 9.47 Å². The van der Waals surface area contributed by atoms with Gasteiger partial charge in [0.05, 0.1) is 18.4 Å². The summed E-state index contributed by atoms with van der Waals surface area (Å²) in [5, 5.41) is 13.2. The van der Waals surface area contributed by atoms with Crippen LogP contribution in [0.1, 0.15) is 59.3 Å². The normalized spacial score (nSPS) is 17.4. The van der Waals surface area contributed by atoms with Crippen LogP contribution in [0, 0.1) is 0 Å². The van der Waals surface area contributed by atoms with Gasteiger partial charge < -0.3 is 24.7 Å². The smallest absolute Gasteiger partial charge is 0.408 e. The van der Waals surface area contributed by atoms with Crippen LogP contribution in [0.3, 0.4) is 0 Å². The maximum absolute atomic E-state index is 11.8. The van der Waals surface area contributed by atoms with Crippen molar-refractivity contribution in [2.45, 2.75) is 77.0 Å². The number of carboxylic acids is 1. The van der Waals surface area contributed by atoms with Gasteiger partial charge in [-0.15, -0.1) is 0 Å². The predicted octanol–water partition coefficient (Wildman–Crippen LogP) is 0.896. The summed E-state index contributed by atoms with van der Waals surface area (Å²) in [6.07, 6.45) is 3.16. The number of rotatable bonds is 5. The molecule has 0 heterocycles. The first-order valence-electron chi connectivity index (χ1n) is 7.57. The minimum atomic E-state index is -1.55. The molecule has 1 aliphatic rings. The molecule has 7 nitrogen and oxygen atoms in total. The zero-order chi connectivity index (χ0) is 16.8. The number of alkyl carbamates (subject to hydrolysis) is 1. The third kappa shape index (κ3) is 7.28. The Hall–Kier alpha value is -1.79. The van der Waals surface area contributed by atoms with Crippen LogP contribution < -0.4 is 10.4 Å². The molecule has 126 valence electrons. The molecule has 0 bridgehead atoms. The minimum absolute atomic E-state index is 0.162. The lowest BCUT2D eigenvalue weighted by molar-refractivity contribution is -0.308. The summed E-state index contributed by atoms with van der Waals surface area (Å²) in [5.41, 5.74) is -0.761. The van der Waals surface area contributed by atoms with Gasteiger partial charge in [0, 0.05) is 0 Å². The van der Waals surface area contributed by atoms with E-state index in [1.54, 1.807) is 20.8 Å². The average molecular weight is 314 g/mol. The van der Waals surface area contributed by atoms with Gasteiger partial charge in [0.1, 0.15) is 11.7 Å². The van der Waals surface area contributed by atoms with E-state index in [0.29, 0.717) is 0 Å². The predicted molar refractivity (Wildman–Crippen MR) is 75.7 cm³/mol. The number of aliphatic carboxylic acids is 1. The van der Waals surface area contributed by atoms with Crippen molar-refractivity contribution in [1.82, 2.24) is 5.32 Å². The van der Waals surface area contributed by atoms with E-state index in [-0.39, 0.29) is 6.10 Å². The van der Waals surface area contributed by atoms with E-state index in [1.807, 2.05) is 0 Å². The van der Waals surface area contributed by atoms with Gasteiger partial charge in [0.2, 0.25) is 0 Å². The van der Waals surface area contributed by atoms with Gasteiger partial charge in [-0.25, -0.2) is 4.79 Å². The molecule has 0 radical (unpaired) electrons. The lowest BCUT2D eigenvalue weighted by atomic mass is 9.98. The lowest BCUT2D eigenvalue weighted by Gasteiger charge is -2.25. The molecule has 1 atom stereocenters. The molecular weight excluding hydrogens is 290 g/mol. The van der Waals surface area contributed by atoms with E-state index < -0.39 is 36.1 Å². The Bertz CT molecular complexity index is 409. The highest BCUT2D eigenvalue weighted by Gasteiger charge is 2.24. The number of carbonyl (C=O) groups is 3. The van der Waals surface area contributed by atoms with Crippen LogP contribution in [-0.2, 0) is 19.1 Å². The van der Waals surface area contributed by atoms with Crippen LogP contribution in [-0.4, -0.2) is 35.8 Å². The summed E-state index contributed by atoms with van der Waals surface area (Å²) in [5.74, 6) is -2.20. The van der Waals surface area contributed by atoms with Crippen LogP contribution in [0.15, 0.2) is 0 Å². The highest BCUT2D eigenvalue weighted by molar-refractivity contribution is 5.84. The van der Waals surface area contributed by atoms with Gasteiger partial charge in [-0.1, -0.05) is 6.42 Å². The van der Waals surface area contributed by atoms with Crippen molar-refractivity contribution >= 4 is 18.0 Å². The van der Waals surface area contributed by atoms with Gasteiger partial charge in [0.15, 0.2) is 0 Å². The Balaban J connectivity index is 2.47. The first-order chi connectivity index (χ1) is 10.2. The number of esters is 1. The molecule has 1 aliphatic carbocycles. The molecule has 0 aromatic heterocycles. The number of carboxylic acid groups (broad SMARTS) is 1. The highest BCUT2D eigenvalue weighted by atomic mass is 16.6. The van der Waals surface area contributed by atoms with E-state index in [1.165, 1.54) is 0 Å². The molecule has 1 fully saturated rings. The number of hydrogen-bond donors (Lipinski definition) is 1. The largest absolute Gasteiger partial charge is 0.548 e. The van der Waals surface area contributed by atoms with Gasteiger partial charge in [0.25, 0.3) is 0 Å². The second kappa shape index (κ2) is 8.00. The number of nitrogens with one attached hydrogen (secondary N) is 1. The van der Waals surface area contributed by atoms with Gasteiger partial charge in [-0.05, 0) is 46.5 Å². The maximum atomic E-state index is 11.8. The molecule has 0 aliphatic heterocycles. The summed E-state index contributed by atoms with van der Waals surface area (Å²) >= 11 is 0. The van der Waals surface area contributed by atoms with E-state index >= 15 is 0 Å². The van der Waals surface area contributed by atoms with Crippen LogP contribution >= 0.6 is 0 Å². The summed E-state index contributed by atoms with van der Waals surface area (Å²) in [7, 11) is 0. The van der Waals surface area contributed by atoms with Crippen LogP contribution in [0.25, 0.3) is 0 Å². The fraction of sp³-hybridized carbons (Fsp3) is 0.800. The van der Waals surface area contributed by atoms with Gasteiger partial charge >= 0.3 is 12.1 Å². The Morgan fingerprint density at radius 3 is 2.27 bits per heavy atom. The van der Waals surface area contributed by atoms with Crippen LogP contribution in [0.2, 0.25) is 0 Å². The Kier molecular flexibility index (Phi) is 6.64. The van der Waals surface area contributed by atoms with Crippen molar-refractivity contribution in [2.75, 3.05) is 0 Å². The van der Waals surface area contributed by atoms with Crippen molar-refractivity contribution in [3.8, 4) is 0 Å². The zero-order valence-electron chi connectivity index (χ0n) is 13.3. The number of carbonyl (C=O) groups excluding carboxylic acids is 3. The second-order valence-corrected chi connectivity index (χ2v) is 6.47. The fourth-order valence-corrected chi connectivity index (χ4v) is 2.23. The molecule has 1 rings (SSSR count). The summed E-state index contributed by atoms with van der Waals surface area (Å²) < 4.78 is 10.2. The maximum Gasteiger partial charge on any atom is 0.408 e. The van der Waals surface area contributed by atoms with Gasteiger partial charge in [-0.2, -0.15) is 0 Å². The molecule has 0 spiro atoms. The lowest BCUT2D eigenvalue weighted by Crippen LogP contribution is -2.50. The van der Waals surface area contributed by atoms with Crippen LogP contribution in [0.5, 0.6) is 0 Å². The number of hydrogen-bond acceptors (Lipinski definition) is 6. The topological polar surface area (TPSA) is 105 Å². The van der Waals surface area contributed by atoms with E-state index in [9.17, 15) is 19.5 Å². The Labute approximate surface area is 130 Å². The zero-order valence-corrected chi connectivity index (χ0v) is 13.3. The number of ether oxygens (including phenoxy) is 2. The van der Waals surface area contributed by atoms with Crippen molar-refractivity contribution in [2.24, 2.45) is 0 Å². The molecule has 22 heavy (non-hydrogen) atoms. The quantitative estimate of drug-likeness (QED) is 0.756. The molecular formula is C15H24NO6-. The van der Waals surface area contributed by atoms with E-state index in [2.05, 4.69) is 5.32 Å². The summed E-state index contributed by atoms with van der Waals surface area (Å²) in [6.45, 7) is 4.95. The average Bonchev–Trinajstić information content (AvgIpc) is 2.36. The van der Waals surface area contributed by atoms with E-state index in [0.717, 1.165) is 32.1 Å². The molecule has 1 N–H and O–H groups in total. The van der Waals surface area contributed by atoms with Gasteiger partial charge in [-0.3, -0.25) is 4.79 Å². The van der Waals surface area contributed by atoms with Crippen LogP contribution in [0.4, 0.5) is 4.79 Å². The Morgan fingerprint density at radius 1 is 1.18 bits per heavy atom. The molecule has 7 heteroatoms. The molecule has 0 aromatic rings. The van der Waals surface area contributed by atoms with Crippen molar-refractivity contribution < 1.29 is 29.0 Å². The van der Waals surface area contributed by atoms with Crippen molar-refractivity contribution in [1.29, 1.82) is 0 Å². The molecule has 1 amide bonds. The van der Waals surface area contributed by atoms with Crippen molar-refractivity contribution in [3.63, 3.8) is 0 Å². The summed E-state index contributed by atoms with van der Waals surface area (Å²) in [6, 6.07) is -1.47. The third-order valence-corrected chi connectivity index (χ3v) is 3.20. The van der Waals surface area contributed by atoms with Crippen molar-refractivity contribution in [3.05, 3.63) is 0 Å². The first-order valence-corrected chi connectivity index (χ1v) is 7.57. The molecule has 0 unspecified atom stereocenters. The highest BCUT2D eigenvalue weighted by Crippen LogP contribution is 2.20.